The van der Waals surface area contributed by atoms with Crippen molar-refractivity contribution in [3.63, 3.8) is 0 Å². The van der Waals surface area contributed by atoms with Crippen LogP contribution in [0, 0.1) is 0 Å². The van der Waals surface area contributed by atoms with Gasteiger partial charge in [-0.2, -0.15) is 0 Å². The van der Waals surface area contributed by atoms with Crippen LogP contribution in [-0.4, -0.2) is 76.2 Å². The Hall–Kier alpha value is 3.46. The molecule has 0 aliphatic carbocycles. The van der Waals surface area contributed by atoms with Crippen LogP contribution in [0.15, 0.2) is 0 Å². The molecule has 0 saturated carbocycles. The van der Waals surface area contributed by atoms with Gasteiger partial charge in [-0.25, -0.2) is 4.21 Å². The van der Waals surface area contributed by atoms with Crippen molar-refractivity contribution in [2.75, 3.05) is 34.5 Å². The van der Waals surface area contributed by atoms with E-state index in [0.29, 0.717) is 11.5 Å². The average Bonchev–Trinajstić information content (AvgIpc) is 2.47. The van der Waals surface area contributed by atoms with Crippen molar-refractivity contribution in [2.45, 2.75) is 24.2 Å². The molecule has 16 heteroatoms. The van der Waals surface area contributed by atoms with Crippen molar-refractivity contribution in [3.05, 3.63) is 0 Å². The van der Waals surface area contributed by atoms with Crippen molar-refractivity contribution < 1.29 is 76.6 Å². The monoisotopic (exact) mass is 503 g/mol. The molecule has 0 spiro atoms. The zero-order valence-corrected chi connectivity index (χ0v) is 23.9. The second-order valence-electron chi connectivity index (χ2n) is 4.83. The first-order valence-electron chi connectivity index (χ1n) is 6.88. The van der Waals surface area contributed by atoms with Gasteiger partial charge in [0.15, 0.2) is 11.1 Å². The van der Waals surface area contributed by atoms with E-state index in [9.17, 15) is 13.0 Å². The van der Waals surface area contributed by atoms with Gasteiger partial charge in [-0.1, -0.05) is 54.3 Å². The smallest absolute Gasteiger partial charge is 0.772 e. The Morgan fingerprint density at radius 1 is 0.769 bits per heavy atom. The van der Waals surface area contributed by atoms with Crippen LogP contribution in [0.1, 0.15) is 0 Å². The van der Waals surface area contributed by atoms with Crippen molar-refractivity contribution in [3.8, 4) is 0 Å². The number of hydrogen-bond donors (Lipinski definition) is 5. The summed E-state index contributed by atoms with van der Waals surface area (Å²) in [4.78, 5) is 0. The van der Waals surface area contributed by atoms with Gasteiger partial charge in [0.25, 0.3) is 0 Å². The van der Waals surface area contributed by atoms with E-state index in [2.05, 4.69) is 0 Å². The second kappa shape index (κ2) is 21.7. The van der Waals surface area contributed by atoms with E-state index in [1.54, 1.807) is 43.2 Å². The van der Waals surface area contributed by atoms with E-state index in [1.165, 1.54) is 0 Å². The summed E-state index contributed by atoms with van der Waals surface area (Å²) >= 11 is -4.09. The van der Waals surface area contributed by atoms with Crippen LogP contribution in [-0.2, 0) is 22.2 Å². The minimum atomic E-state index is -2.17. The van der Waals surface area contributed by atoms with Gasteiger partial charge in [0.2, 0.25) is 0 Å². The molecule has 2 unspecified atom stereocenters. The first-order chi connectivity index (χ1) is 11.2. The van der Waals surface area contributed by atoms with E-state index >= 15 is 0 Å². The quantitative estimate of drug-likeness (QED) is 0.0617. The van der Waals surface area contributed by atoms with E-state index in [1.807, 2.05) is 0 Å². The van der Waals surface area contributed by atoms with Gasteiger partial charge in [0, 0.05) is 52.9 Å². The third kappa shape index (κ3) is 20.7. The third-order valence-electron chi connectivity index (χ3n) is 2.70. The average molecular weight is 504 g/mol. The Kier molecular flexibility index (Phi) is 28.4. The standard InChI is InChI=1S/C10H26N4O4S6.2Na/c11-7(9(13)5-23(15)16)3-21-19-1-2-20-22-4-8(12)10(14)6-24(17)18;;/h7-10H,1-6,11-14H2,(H,15,16)(H,17,18);;/q;2*+1/p-1/t7-,8-,9-,10-;;/m0../s1. The zero-order valence-electron chi connectivity index (χ0n) is 15.0. The minimum Gasteiger partial charge on any atom is -0.772 e. The van der Waals surface area contributed by atoms with Crippen LogP contribution in [0.25, 0.3) is 0 Å². The molecule has 0 radical (unpaired) electrons. The molecule has 0 aromatic rings. The van der Waals surface area contributed by atoms with Crippen molar-refractivity contribution >= 4 is 65.3 Å². The SMILES string of the molecule is N[C@@H](CSSCCSSC[C@H](N)[C@@H](N)CS(=O)O)[C@@H](N)CS(=O)[O-].[Na+].[Na+]. The number of nitrogens with two attached hydrogens (primary N) is 4. The van der Waals surface area contributed by atoms with Gasteiger partial charge in [-0.15, -0.1) is 0 Å². The van der Waals surface area contributed by atoms with Crippen LogP contribution < -0.4 is 82.0 Å². The molecule has 8 nitrogen and oxygen atoms in total. The first kappa shape index (κ1) is 34.1. The Morgan fingerprint density at radius 2 is 1.15 bits per heavy atom. The van der Waals surface area contributed by atoms with Gasteiger partial charge < -0.3 is 32.0 Å². The molecule has 0 aromatic heterocycles. The number of rotatable bonds is 15. The molecule has 0 fully saturated rings. The Labute approximate surface area is 220 Å². The summed E-state index contributed by atoms with van der Waals surface area (Å²) in [5.74, 6) is 2.89. The fourth-order valence-electron chi connectivity index (χ4n) is 1.26. The molecule has 0 aliphatic rings. The Balaban J connectivity index is -0.00000264. The van der Waals surface area contributed by atoms with E-state index < -0.39 is 34.2 Å². The molecule has 0 rings (SSSR count). The molecule has 0 amide bonds. The predicted molar refractivity (Wildman–Crippen MR) is 111 cm³/mol. The maximum Gasteiger partial charge on any atom is 1.00 e. The Morgan fingerprint density at radius 3 is 1.50 bits per heavy atom. The van der Waals surface area contributed by atoms with E-state index in [4.69, 9.17) is 27.5 Å². The summed E-state index contributed by atoms with van der Waals surface area (Å²) in [5, 5.41) is 0. The Bertz CT molecular complexity index is 359. The topological polar surface area (TPSA) is 182 Å². The fraction of sp³-hybridized carbons (Fsp3) is 1.00. The van der Waals surface area contributed by atoms with Crippen molar-refractivity contribution in [1.29, 1.82) is 0 Å². The summed E-state index contributed by atoms with van der Waals surface area (Å²) in [6.45, 7) is 0. The van der Waals surface area contributed by atoms with Gasteiger partial charge in [-0.05, 0) is 0 Å². The van der Waals surface area contributed by atoms with Crippen molar-refractivity contribution in [2.24, 2.45) is 22.9 Å². The van der Waals surface area contributed by atoms with Gasteiger partial charge in [0.1, 0.15) is 0 Å². The molecule has 0 heterocycles. The molecule has 26 heavy (non-hydrogen) atoms. The molecule has 0 bridgehead atoms. The molecule has 146 valence electrons. The predicted octanol–water partition coefficient (Wildman–Crippen LogP) is -6.83. The summed E-state index contributed by atoms with van der Waals surface area (Å²) in [6.07, 6.45) is 0. The van der Waals surface area contributed by atoms with Crippen molar-refractivity contribution in [1.82, 2.24) is 0 Å². The van der Waals surface area contributed by atoms with Crippen LogP contribution >= 0.6 is 43.2 Å². The van der Waals surface area contributed by atoms with Crippen LogP contribution in [0.5, 0.6) is 0 Å². The normalized spacial score (nSPS) is 17.9. The van der Waals surface area contributed by atoms with Gasteiger partial charge in [-0.3, -0.25) is 4.21 Å². The number of hydrogen-bond acceptors (Lipinski definition) is 11. The summed E-state index contributed by atoms with van der Waals surface area (Å²) in [5.41, 5.74) is 23.0. The molecule has 0 saturated heterocycles. The van der Waals surface area contributed by atoms with Gasteiger partial charge in [0.05, 0.1) is 5.75 Å². The maximum absolute atomic E-state index is 10.6. The maximum atomic E-state index is 10.6. The second-order valence-corrected chi connectivity index (χ2v) is 12.0. The zero-order chi connectivity index (χ0) is 18.5. The third-order valence-corrected chi connectivity index (χ3v) is 9.22. The minimum absolute atomic E-state index is 0. The van der Waals surface area contributed by atoms with E-state index in [0.717, 1.165) is 11.5 Å². The summed E-state index contributed by atoms with van der Waals surface area (Å²) in [7, 11) is 6.48. The van der Waals surface area contributed by atoms with E-state index in [-0.39, 0.29) is 82.7 Å². The fourth-order valence-corrected chi connectivity index (χ4v) is 7.63. The summed E-state index contributed by atoms with van der Waals surface area (Å²) < 4.78 is 40.5. The summed E-state index contributed by atoms with van der Waals surface area (Å²) in [6, 6.07) is -1.69. The molecular weight excluding hydrogens is 479 g/mol. The first-order valence-corrected chi connectivity index (χ1v) is 14.4. The molecule has 0 aliphatic heterocycles. The van der Waals surface area contributed by atoms with Crippen LogP contribution in [0.3, 0.4) is 0 Å². The molecule has 9 N–H and O–H groups in total. The van der Waals surface area contributed by atoms with Crippen LogP contribution in [0.4, 0.5) is 0 Å². The molecule has 6 atom stereocenters. The van der Waals surface area contributed by atoms with Crippen LogP contribution in [0.2, 0.25) is 0 Å². The largest absolute Gasteiger partial charge is 1.00 e. The van der Waals surface area contributed by atoms with Gasteiger partial charge >= 0.3 is 59.1 Å². The molecule has 0 aromatic carbocycles. The molecular formula is C10H25N4Na2O4S6+.